The Kier molecular flexibility index (Phi) is 3.87. The highest BCUT2D eigenvalue weighted by molar-refractivity contribution is 9.10. The first kappa shape index (κ1) is 12.2. The van der Waals surface area contributed by atoms with Crippen molar-refractivity contribution in [3.8, 4) is 0 Å². The summed E-state index contributed by atoms with van der Waals surface area (Å²) in [7, 11) is 0. The number of anilines is 1. The molecule has 0 fully saturated rings. The molecule has 0 amide bonds. The van der Waals surface area contributed by atoms with Crippen molar-refractivity contribution >= 4 is 21.7 Å². The number of aliphatic hydroxyl groups is 1. The third kappa shape index (κ3) is 3.32. The lowest BCUT2D eigenvalue weighted by Gasteiger charge is -2.22. The van der Waals surface area contributed by atoms with Crippen LogP contribution in [0.2, 0.25) is 0 Å². The van der Waals surface area contributed by atoms with E-state index in [9.17, 15) is 4.79 Å². The molecule has 0 aliphatic carbocycles. The first-order valence-electron chi connectivity index (χ1n) is 4.54. The number of halogens is 1. The van der Waals surface area contributed by atoms with Crippen LogP contribution < -0.4 is 10.9 Å². The normalized spacial score (nSPS) is 11.5. The van der Waals surface area contributed by atoms with E-state index >= 15 is 0 Å². The zero-order valence-corrected chi connectivity index (χ0v) is 10.3. The Morgan fingerprint density at radius 3 is 2.93 bits per heavy atom. The summed E-state index contributed by atoms with van der Waals surface area (Å²) in [6, 6.07) is 0. The van der Waals surface area contributed by atoms with E-state index in [4.69, 9.17) is 5.11 Å². The molecule has 0 aromatic carbocycles. The SMILES string of the molecule is CC(C)(CO)CNc1nc[nH]c(=O)c1Br. The fourth-order valence-electron chi connectivity index (χ4n) is 0.885. The second kappa shape index (κ2) is 4.76. The van der Waals surface area contributed by atoms with Gasteiger partial charge in [0, 0.05) is 18.6 Å². The fourth-order valence-corrected chi connectivity index (χ4v) is 1.24. The van der Waals surface area contributed by atoms with Gasteiger partial charge in [-0.05, 0) is 15.9 Å². The molecular weight excluding hydrogens is 262 g/mol. The molecule has 6 heteroatoms. The standard InChI is InChI=1S/C9H14BrN3O2/c1-9(2,4-14)3-11-7-6(10)8(15)13-5-12-7/h5,14H,3-4H2,1-2H3,(H2,11,12,13,15). The molecule has 1 rings (SSSR count). The maximum atomic E-state index is 11.2. The maximum Gasteiger partial charge on any atom is 0.267 e. The Bertz CT molecular complexity index is 389. The number of hydrogen-bond donors (Lipinski definition) is 3. The molecule has 1 heterocycles. The summed E-state index contributed by atoms with van der Waals surface area (Å²) in [5.74, 6) is 0.486. The van der Waals surface area contributed by atoms with Crippen molar-refractivity contribution in [3.63, 3.8) is 0 Å². The average Bonchev–Trinajstić information content (AvgIpc) is 2.20. The molecule has 0 saturated carbocycles. The van der Waals surface area contributed by atoms with Crippen LogP contribution >= 0.6 is 15.9 Å². The summed E-state index contributed by atoms with van der Waals surface area (Å²) < 4.78 is 0.374. The number of nitrogens with zero attached hydrogens (tertiary/aromatic N) is 1. The van der Waals surface area contributed by atoms with Gasteiger partial charge < -0.3 is 15.4 Å². The van der Waals surface area contributed by atoms with Gasteiger partial charge in [0.15, 0.2) is 0 Å². The van der Waals surface area contributed by atoms with Crippen LogP contribution in [-0.4, -0.2) is 28.2 Å². The van der Waals surface area contributed by atoms with E-state index in [-0.39, 0.29) is 17.6 Å². The van der Waals surface area contributed by atoms with Crippen molar-refractivity contribution in [2.75, 3.05) is 18.5 Å². The number of aliphatic hydroxyl groups excluding tert-OH is 1. The van der Waals surface area contributed by atoms with Crippen LogP contribution in [0.4, 0.5) is 5.82 Å². The number of nitrogens with one attached hydrogen (secondary N) is 2. The number of H-pyrrole nitrogens is 1. The van der Waals surface area contributed by atoms with E-state index in [1.807, 2.05) is 13.8 Å². The number of aromatic amines is 1. The summed E-state index contributed by atoms with van der Waals surface area (Å²) in [6.07, 6.45) is 1.33. The topological polar surface area (TPSA) is 78.0 Å². The highest BCUT2D eigenvalue weighted by Crippen LogP contribution is 2.18. The van der Waals surface area contributed by atoms with Gasteiger partial charge in [0.05, 0.1) is 6.33 Å². The summed E-state index contributed by atoms with van der Waals surface area (Å²) in [5, 5.41) is 12.1. The molecule has 0 atom stereocenters. The maximum absolute atomic E-state index is 11.2. The second-order valence-electron chi connectivity index (χ2n) is 4.07. The Morgan fingerprint density at radius 1 is 1.67 bits per heavy atom. The average molecular weight is 276 g/mol. The van der Waals surface area contributed by atoms with Crippen molar-refractivity contribution in [2.45, 2.75) is 13.8 Å². The van der Waals surface area contributed by atoms with Crippen LogP contribution in [0.5, 0.6) is 0 Å². The van der Waals surface area contributed by atoms with Crippen molar-refractivity contribution in [2.24, 2.45) is 5.41 Å². The molecule has 0 aliphatic heterocycles. The van der Waals surface area contributed by atoms with E-state index in [1.165, 1.54) is 6.33 Å². The molecule has 3 N–H and O–H groups in total. The minimum Gasteiger partial charge on any atom is -0.396 e. The molecule has 0 saturated heterocycles. The van der Waals surface area contributed by atoms with Gasteiger partial charge in [-0.25, -0.2) is 4.98 Å². The minimum atomic E-state index is -0.246. The lowest BCUT2D eigenvalue weighted by Crippen LogP contribution is -2.27. The van der Waals surface area contributed by atoms with Gasteiger partial charge in [0.1, 0.15) is 10.3 Å². The molecular formula is C9H14BrN3O2. The fraction of sp³-hybridized carbons (Fsp3) is 0.556. The molecule has 0 bridgehead atoms. The molecule has 84 valence electrons. The summed E-state index contributed by atoms with van der Waals surface area (Å²) in [6.45, 7) is 4.45. The van der Waals surface area contributed by atoms with E-state index in [1.54, 1.807) is 0 Å². The van der Waals surface area contributed by atoms with Crippen LogP contribution in [0.15, 0.2) is 15.6 Å². The predicted molar refractivity (Wildman–Crippen MR) is 61.9 cm³/mol. The highest BCUT2D eigenvalue weighted by Gasteiger charge is 2.17. The van der Waals surface area contributed by atoms with Crippen molar-refractivity contribution < 1.29 is 5.11 Å². The minimum absolute atomic E-state index is 0.0702. The molecule has 15 heavy (non-hydrogen) atoms. The Morgan fingerprint density at radius 2 is 2.33 bits per heavy atom. The van der Waals surface area contributed by atoms with Gasteiger partial charge in [-0.2, -0.15) is 0 Å². The number of aromatic nitrogens is 2. The monoisotopic (exact) mass is 275 g/mol. The Balaban J connectivity index is 2.74. The smallest absolute Gasteiger partial charge is 0.267 e. The Labute approximate surface area is 96.1 Å². The third-order valence-electron chi connectivity index (χ3n) is 1.96. The van der Waals surface area contributed by atoms with Crippen LogP contribution in [0.25, 0.3) is 0 Å². The molecule has 0 unspecified atom stereocenters. The lowest BCUT2D eigenvalue weighted by atomic mass is 9.95. The second-order valence-corrected chi connectivity index (χ2v) is 4.86. The lowest BCUT2D eigenvalue weighted by molar-refractivity contribution is 0.170. The summed E-state index contributed by atoms with van der Waals surface area (Å²) in [5.41, 5.74) is -0.474. The summed E-state index contributed by atoms with van der Waals surface area (Å²) >= 11 is 3.14. The van der Waals surface area contributed by atoms with E-state index < -0.39 is 0 Å². The van der Waals surface area contributed by atoms with Crippen LogP contribution in [0.3, 0.4) is 0 Å². The van der Waals surface area contributed by atoms with Gasteiger partial charge in [-0.15, -0.1) is 0 Å². The molecule has 0 spiro atoms. The van der Waals surface area contributed by atoms with Gasteiger partial charge >= 0.3 is 0 Å². The van der Waals surface area contributed by atoms with Gasteiger partial charge in [-0.3, -0.25) is 4.79 Å². The van der Waals surface area contributed by atoms with Gasteiger partial charge in [0.2, 0.25) is 0 Å². The van der Waals surface area contributed by atoms with E-state index in [0.717, 1.165) is 0 Å². The van der Waals surface area contributed by atoms with Crippen molar-refractivity contribution in [3.05, 3.63) is 21.2 Å². The molecule has 1 aromatic heterocycles. The van der Waals surface area contributed by atoms with Crippen LogP contribution in [0, 0.1) is 5.41 Å². The van der Waals surface area contributed by atoms with E-state index in [2.05, 4.69) is 31.2 Å². The quantitative estimate of drug-likeness (QED) is 0.765. The molecule has 0 radical (unpaired) electrons. The summed E-state index contributed by atoms with van der Waals surface area (Å²) in [4.78, 5) is 17.6. The number of rotatable bonds is 4. The molecule has 0 aliphatic rings. The van der Waals surface area contributed by atoms with Crippen molar-refractivity contribution in [1.29, 1.82) is 0 Å². The Hall–Kier alpha value is -0.880. The number of hydrogen-bond acceptors (Lipinski definition) is 4. The van der Waals surface area contributed by atoms with Crippen LogP contribution in [-0.2, 0) is 0 Å². The molecule has 1 aromatic rings. The van der Waals surface area contributed by atoms with Gasteiger partial charge in [-0.1, -0.05) is 13.8 Å². The van der Waals surface area contributed by atoms with Crippen molar-refractivity contribution in [1.82, 2.24) is 9.97 Å². The van der Waals surface area contributed by atoms with Gasteiger partial charge in [0.25, 0.3) is 5.56 Å². The van der Waals surface area contributed by atoms with Crippen LogP contribution in [0.1, 0.15) is 13.8 Å². The van der Waals surface area contributed by atoms with E-state index in [0.29, 0.717) is 16.8 Å². The first-order chi connectivity index (χ1) is 6.96. The zero-order valence-electron chi connectivity index (χ0n) is 8.67. The zero-order chi connectivity index (χ0) is 11.5. The highest BCUT2D eigenvalue weighted by atomic mass is 79.9. The largest absolute Gasteiger partial charge is 0.396 e. The third-order valence-corrected chi connectivity index (χ3v) is 2.69. The first-order valence-corrected chi connectivity index (χ1v) is 5.33. The molecule has 5 nitrogen and oxygen atoms in total. The predicted octanol–water partition coefficient (Wildman–Crippen LogP) is 0.963.